The van der Waals surface area contributed by atoms with E-state index in [1.165, 1.54) is 51.4 Å². The van der Waals surface area contributed by atoms with E-state index in [0.29, 0.717) is 6.42 Å². The summed E-state index contributed by atoms with van der Waals surface area (Å²) in [5.74, 6) is -1.11. The molecule has 1 amide bonds. The van der Waals surface area contributed by atoms with E-state index in [4.69, 9.17) is 14.6 Å². The van der Waals surface area contributed by atoms with Crippen molar-refractivity contribution in [2.45, 2.75) is 115 Å². The van der Waals surface area contributed by atoms with Crippen LogP contribution < -0.4 is 5.32 Å². The van der Waals surface area contributed by atoms with Crippen molar-refractivity contribution >= 4 is 11.9 Å². The molecule has 0 unspecified atom stereocenters. The molecule has 0 aromatic carbocycles. The number of nitrogens with one attached hydrogen (secondary N) is 1. The fourth-order valence-electron chi connectivity index (χ4n) is 3.54. The smallest absolute Gasteiger partial charge is 0.327 e. The lowest BCUT2D eigenvalue weighted by atomic mass is 9.99. The van der Waals surface area contributed by atoms with Gasteiger partial charge in [-0.3, -0.25) is 9.59 Å². The van der Waals surface area contributed by atoms with E-state index in [-0.39, 0.29) is 5.91 Å². The van der Waals surface area contributed by atoms with Crippen molar-refractivity contribution in [3.05, 3.63) is 0 Å². The van der Waals surface area contributed by atoms with Crippen LogP contribution in [0.3, 0.4) is 0 Å². The van der Waals surface area contributed by atoms with E-state index in [1.54, 1.807) is 0 Å². The van der Waals surface area contributed by atoms with Gasteiger partial charge < -0.3 is 35.2 Å². The quantitative estimate of drug-likeness (QED) is 0.175. The summed E-state index contributed by atoms with van der Waals surface area (Å²) in [5, 5.41) is 40.8. The van der Waals surface area contributed by atoms with Crippen molar-refractivity contribution in [2.24, 2.45) is 0 Å². The molecule has 5 N–H and O–H groups in total. The second-order valence-electron chi connectivity index (χ2n) is 8.25. The van der Waals surface area contributed by atoms with Gasteiger partial charge >= 0.3 is 5.97 Å². The van der Waals surface area contributed by atoms with Crippen molar-refractivity contribution in [1.29, 1.82) is 0 Å². The summed E-state index contributed by atoms with van der Waals surface area (Å²) in [5.41, 5.74) is 0. The topological polar surface area (TPSA) is 146 Å². The van der Waals surface area contributed by atoms with E-state index < -0.39 is 49.8 Å². The molecule has 0 saturated carbocycles. The number of carbonyl (C=O) groups excluding carboxylic acids is 2. The molecular formula is C22H41NO8. The molecule has 0 spiro atoms. The van der Waals surface area contributed by atoms with Gasteiger partial charge in [-0.25, -0.2) is 0 Å². The Hall–Kier alpha value is -1.26. The van der Waals surface area contributed by atoms with Gasteiger partial charge in [0.05, 0.1) is 6.61 Å². The molecule has 1 saturated heterocycles. The SMILES string of the molecule is CCCCCCCCCCCCCC(=O)NCC(=O)O[C@H]1O[C@H](CO)[C@H](O)[C@H](O)[C@H]1O. The van der Waals surface area contributed by atoms with Gasteiger partial charge in [-0.2, -0.15) is 0 Å². The third-order valence-corrected chi connectivity index (χ3v) is 5.53. The minimum Gasteiger partial charge on any atom is -0.431 e. The van der Waals surface area contributed by atoms with Gasteiger partial charge in [-0.1, -0.05) is 71.1 Å². The van der Waals surface area contributed by atoms with Crippen LogP contribution in [-0.4, -0.2) is 76.2 Å². The minimum absolute atomic E-state index is 0.262. The fourth-order valence-corrected chi connectivity index (χ4v) is 3.54. The largest absolute Gasteiger partial charge is 0.431 e. The van der Waals surface area contributed by atoms with E-state index in [0.717, 1.165) is 19.3 Å². The molecule has 9 heteroatoms. The Balaban J connectivity index is 2.07. The zero-order valence-electron chi connectivity index (χ0n) is 18.7. The summed E-state index contributed by atoms with van der Waals surface area (Å²) in [6.45, 7) is 1.21. The molecule has 0 radical (unpaired) electrons. The standard InChI is InChI=1S/C22H41NO8/c1-2-3-4-5-6-7-8-9-10-11-12-13-17(25)23-14-18(26)31-22-21(29)20(28)19(27)16(15-24)30-22/h16,19-22,24,27-29H,2-15H2,1H3,(H,23,25)/t16-,19+,20+,21-,22-/m1/s1. The van der Waals surface area contributed by atoms with Crippen LogP contribution in [-0.2, 0) is 19.1 Å². The number of unbranched alkanes of at least 4 members (excludes halogenated alkanes) is 10. The van der Waals surface area contributed by atoms with E-state index in [2.05, 4.69) is 12.2 Å². The minimum atomic E-state index is -1.66. The van der Waals surface area contributed by atoms with Crippen LogP contribution in [0.25, 0.3) is 0 Å². The maximum atomic E-state index is 11.9. The van der Waals surface area contributed by atoms with E-state index in [1.807, 2.05) is 0 Å². The Morgan fingerprint density at radius 1 is 0.839 bits per heavy atom. The maximum Gasteiger partial charge on any atom is 0.327 e. The lowest BCUT2D eigenvalue weighted by Crippen LogP contribution is -2.59. The highest BCUT2D eigenvalue weighted by molar-refractivity contribution is 5.81. The number of aliphatic hydroxyl groups excluding tert-OH is 4. The molecule has 0 aromatic rings. The van der Waals surface area contributed by atoms with Gasteiger partial charge in [0.15, 0.2) is 0 Å². The predicted molar refractivity (Wildman–Crippen MR) is 114 cm³/mol. The average Bonchev–Trinajstić information content (AvgIpc) is 2.76. The fraction of sp³-hybridized carbons (Fsp3) is 0.909. The van der Waals surface area contributed by atoms with Crippen molar-refractivity contribution in [1.82, 2.24) is 5.32 Å². The zero-order valence-corrected chi connectivity index (χ0v) is 18.7. The molecule has 0 aromatic heterocycles. The van der Waals surface area contributed by atoms with Gasteiger partial charge in [0.2, 0.25) is 12.2 Å². The van der Waals surface area contributed by atoms with Gasteiger partial charge in [0, 0.05) is 6.42 Å². The van der Waals surface area contributed by atoms with Crippen molar-refractivity contribution in [2.75, 3.05) is 13.2 Å². The number of hydrogen-bond acceptors (Lipinski definition) is 8. The lowest BCUT2D eigenvalue weighted by Gasteiger charge is -2.39. The monoisotopic (exact) mass is 447 g/mol. The second kappa shape index (κ2) is 16.4. The van der Waals surface area contributed by atoms with Crippen molar-refractivity contribution in [3.63, 3.8) is 0 Å². The van der Waals surface area contributed by atoms with Gasteiger partial charge in [0.25, 0.3) is 0 Å². The summed E-state index contributed by atoms with van der Waals surface area (Å²) in [4.78, 5) is 23.7. The first-order valence-electron chi connectivity index (χ1n) is 11.7. The number of aliphatic hydroxyl groups is 4. The molecule has 1 heterocycles. The highest BCUT2D eigenvalue weighted by atomic mass is 16.7. The van der Waals surface area contributed by atoms with Crippen LogP contribution in [0, 0.1) is 0 Å². The van der Waals surface area contributed by atoms with Gasteiger partial charge in [0.1, 0.15) is 31.0 Å². The molecule has 31 heavy (non-hydrogen) atoms. The van der Waals surface area contributed by atoms with Gasteiger partial charge in [-0.05, 0) is 6.42 Å². The third-order valence-electron chi connectivity index (χ3n) is 5.53. The van der Waals surface area contributed by atoms with Crippen LogP contribution >= 0.6 is 0 Å². The zero-order chi connectivity index (χ0) is 23.1. The number of hydrogen-bond donors (Lipinski definition) is 5. The first kappa shape index (κ1) is 27.8. The molecule has 9 nitrogen and oxygen atoms in total. The number of esters is 1. The molecule has 0 aliphatic carbocycles. The summed E-state index contributed by atoms with van der Waals surface area (Å²) >= 11 is 0. The summed E-state index contributed by atoms with van der Waals surface area (Å²) < 4.78 is 9.99. The predicted octanol–water partition coefficient (Wildman–Crippen LogP) is 1.15. The Labute approximate surface area is 185 Å². The van der Waals surface area contributed by atoms with Gasteiger partial charge in [-0.15, -0.1) is 0 Å². The number of ether oxygens (including phenoxy) is 2. The Kier molecular flexibility index (Phi) is 14.7. The summed E-state index contributed by atoms with van der Waals surface area (Å²) in [7, 11) is 0. The highest BCUT2D eigenvalue weighted by Gasteiger charge is 2.45. The molecular weight excluding hydrogens is 406 g/mol. The van der Waals surface area contributed by atoms with Crippen LogP contribution in [0.1, 0.15) is 84.0 Å². The lowest BCUT2D eigenvalue weighted by molar-refractivity contribution is -0.292. The maximum absolute atomic E-state index is 11.9. The van der Waals surface area contributed by atoms with E-state index >= 15 is 0 Å². The van der Waals surface area contributed by atoms with Crippen LogP contribution in [0.2, 0.25) is 0 Å². The molecule has 0 bridgehead atoms. The van der Waals surface area contributed by atoms with Crippen LogP contribution in [0.4, 0.5) is 0 Å². The molecule has 1 aliphatic heterocycles. The number of carbonyl (C=O) groups is 2. The van der Waals surface area contributed by atoms with E-state index in [9.17, 15) is 24.9 Å². The van der Waals surface area contributed by atoms with Crippen molar-refractivity contribution in [3.8, 4) is 0 Å². The Morgan fingerprint density at radius 2 is 1.39 bits per heavy atom. The average molecular weight is 448 g/mol. The van der Waals surface area contributed by atoms with Crippen LogP contribution in [0.15, 0.2) is 0 Å². The highest BCUT2D eigenvalue weighted by Crippen LogP contribution is 2.22. The molecule has 1 aliphatic rings. The number of rotatable bonds is 16. The molecule has 182 valence electrons. The first-order chi connectivity index (χ1) is 14.9. The Bertz CT molecular complexity index is 502. The third kappa shape index (κ3) is 11.2. The Morgan fingerprint density at radius 3 is 1.94 bits per heavy atom. The first-order valence-corrected chi connectivity index (χ1v) is 11.7. The number of amides is 1. The van der Waals surface area contributed by atoms with Crippen molar-refractivity contribution < 1.29 is 39.5 Å². The summed E-state index contributed by atoms with van der Waals surface area (Å²) in [6.07, 6.45) is 5.90. The normalized spacial score (nSPS) is 25.9. The molecule has 1 fully saturated rings. The molecule has 5 atom stereocenters. The van der Waals surface area contributed by atoms with Crippen LogP contribution in [0.5, 0.6) is 0 Å². The molecule has 1 rings (SSSR count). The second-order valence-corrected chi connectivity index (χ2v) is 8.25. The summed E-state index contributed by atoms with van der Waals surface area (Å²) in [6, 6.07) is 0.